The molecule has 7 heteroatoms. The Morgan fingerprint density at radius 2 is 1.77 bits per heavy atom. The summed E-state index contributed by atoms with van der Waals surface area (Å²) >= 11 is 0. The van der Waals surface area contributed by atoms with Crippen molar-refractivity contribution in [2.45, 2.75) is 30.5 Å². The molecule has 2 aromatic rings. The van der Waals surface area contributed by atoms with Crippen molar-refractivity contribution in [2.75, 3.05) is 33.4 Å². The number of alkyl halides is 3. The van der Waals surface area contributed by atoms with Crippen LogP contribution in [0.1, 0.15) is 45.8 Å². The van der Waals surface area contributed by atoms with Crippen LogP contribution >= 0.6 is 0 Å². The van der Waals surface area contributed by atoms with Crippen molar-refractivity contribution < 1.29 is 27.4 Å². The summed E-state index contributed by atoms with van der Waals surface area (Å²) in [4.78, 5) is 14.6. The van der Waals surface area contributed by atoms with Gasteiger partial charge in [0.25, 0.3) is 5.91 Å². The number of carbonyl (C=O) groups excluding carboxylic acids is 1. The highest BCUT2D eigenvalue weighted by Gasteiger charge is 2.40. The number of carbonyl (C=O) groups is 1. The molecule has 4 nitrogen and oxygen atoms in total. The summed E-state index contributed by atoms with van der Waals surface area (Å²) < 4.78 is 49.8. The molecule has 0 aliphatic carbocycles. The number of rotatable bonds is 4. The van der Waals surface area contributed by atoms with Crippen LogP contribution in [0.2, 0.25) is 0 Å². The van der Waals surface area contributed by atoms with Gasteiger partial charge in [0.1, 0.15) is 5.60 Å². The molecule has 0 atom stereocenters. The Labute approximate surface area is 173 Å². The normalized spacial score (nSPS) is 19.4. The molecule has 2 fully saturated rings. The van der Waals surface area contributed by atoms with Gasteiger partial charge in [-0.2, -0.15) is 13.2 Å². The minimum Gasteiger partial charge on any atom is -0.375 e. The first kappa shape index (κ1) is 20.9. The van der Waals surface area contributed by atoms with Crippen LogP contribution in [0.5, 0.6) is 0 Å². The molecule has 1 amide bonds. The first-order chi connectivity index (χ1) is 14.3. The van der Waals surface area contributed by atoms with Crippen molar-refractivity contribution in [3.8, 4) is 0 Å². The number of halogens is 3. The fourth-order valence-corrected chi connectivity index (χ4v) is 4.17. The summed E-state index contributed by atoms with van der Waals surface area (Å²) in [6.45, 7) is 2.05. The summed E-state index contributed by atoms with van der Waals surface area (Å²) in [6, 6.07) is 12.9. The quantitative estimate of drug-likeness (QED) is 0.727. The average Bonchev–Trinajstić information content (AvgIpc) is 2.73. The zero-order valence-electron chi connectivity index (χ0n) is 16.7. The highest BCUT2D eigenvalue weighted by atomic mass is 19.4. The van der Waals surface area contributed by atoms with Gasteiger partial charge in [-0.15, -0.1) is 0 Å². The summed E-state index contributed by atoms with van der Waals surface area (Å²) in [5.74, 6) is -0.0285. The molecule has 2 saturated heterocycles. The second-order valence-corrected chi connectivity index (χ2v) is 7.96. The Kier molecular flexibility index (Phi) is 5.59. The van der Waals surface area contributed by atoms with Gasteiger partial charge in [0.15, 0.2) is 0 Å². The van der Waals surface area contributed by atoms with Crippen molar-refractivity contribution in [1.29, 1.82) is 0 Å². The van der Waals surface area contributed by atoms with Gasteiger partial charge in [0, 0.05) is 25.8 Å². The van der Waals surface area contributed by atoms with Crippen molar-refractivity contribution in [3.05, 3.63) is 70.8 Å². The molecule has 2 aromatic carbocycles. The maximum Gasteiger partial charge on any atom is 0.416 e. The van der Waals surface area contributed by atoms with Crippen LogP contribution in [0, 0.1) is 0 Å². The van der Waals surface area contributed by atoms with Crippen LogP contribution in [0.4, 0.5) is 13.2 Å². The topological polar surface area (TPSA) is 38.8 Å². The zero-order chi connectivity index (χ0) is 21.4. The lowest BCUT2D eigenvalue weighted by Crippen LogP contribution is -2.48. The highest BCUT2D eigenvalue weighted by molar-refractivity contribution is 5.94. The molecule has 0 unspecified atom stereocenters. The first-order valence-corrected chi connectivity index (χ1v) is 10.0. The van der Waals surface area contributed by atoms with Gasteiger partial charge in [-0.3, -0.25) is 4.79 Å². The lowest BCUT2D eigenvalue weighted by atomic mass is 9.88. The first-order valence-electron chi connectivity index (χ1n) is 10.0. The number of hydrogen-bond donors (Lipinski definition) is 0. The number of ether oxygens (including phenoxy) is 2. The Morgan fingerprint density at radius 3 is 2.30 bits per heavy atom. The molecule has 2 aliphatic heterocycles. The van der Waals surface area contributed by atoms with Crippen LogP contribution < -0.4 is 0 Å². The number of hydrogen-bond acceptors (Lipinski definition) is 3. The summed E-state index contributed by atoms with van der Waals surface area (Å²) in [7, 11) is 1.65. The molecular formula is C23H24F3NO3. The molecule has 2 heterocycles. The number of benzene rings is 2. The minimum atomic E-state index is -4.34. The monoisotopic (exact) mass is 419 g/mol. The molecule has 0 bridgehead atoms. The zero-order valence-corrected chi connectivity index (χ0v) is 16.7. The predicted molar refractivity (Wildman–Crippen MR) is 105 cm³/mol. The number of piperidine rings is 1. The second-order valence-electron chi connectivity index (χ2n) is 7.96. The van der Waals surface area contributed by atoms with E-state index in [0.717, 1.165) is 11.6 Å². The molecule has 2 aliphatic rings. The van der Waals surface area contributed by atoms with Gasteiger partial charge in [-0.25, -0.2) is 0 Å². The maximum absolute atomic E-state index is 13.0. The van der Waals surface area contributed by atoms with Gasteiger partial charge in [0.2, 0.25) is 0 Å². The van der Waals surface area contributed by atoms with Crippen LogP contribution in [-0.4, -0.2) is 44.2 Å². The van der Waals surface area contributed by atoms with E-state index < -0.39 is 17.3 Å². The van der Waals surface area contributed by atoms with Crippen molar-refractivity contribution in [1.82, 2.24) is 4.90 Å². The van der Waals surface area contributed by atoms with Crippen molar-refractivity contribution in [3.63, 3.8) is 0 Å². The Hall–Kier alpha value is -2.38. The van der Waals surface area contributed by atoms with Gasteiger partial charge < -0.3 is 14.4 Å². The lowest BCUT2D eigenvalue weighted by Gasteiger charge is -2.40. The second kappa shape index (κ2) is 8.04. The highest BCUT2D eigenvalue weighted by Crippen LogP contribution is 2.35. The SMILES string of the molecule is COC1(c2ccc(C(=O)N3CCC(c4cccc(C(F)(F)F)c4)CC3)cc2)COC1. The molecule has 0 radical (unpaired) electrons. The summed E-state index contributed by atoms with van der Waals surface area (Å²) in [5, 5.41) is 0. The van der Waals surface area contributed by atoms with Gasteiger partial charge >= 0.3 is 6.18 Å². The minimum absolute atomic E-state index is 0.0268. The van der Waals surface area contributed by atoms with Crippen molar-refractivity contribution >= 4 is 5.91 Å². The van der Waals surface area contributed by atoms with Crippen LogP contribution in [0.15, 0.2) is 48.5 Å². The fraction of sp³-hybridized carbons (Fsp3) is 0.435. The fourth-order valence-electron chi connectivity index (χ4n) is 4.17. The maximum atomic E-state index is 13.0. The van der Waals surface area contributed by atoms with Gasteiger partial charge in [-0.05, 0) is 48.1 Å². The van der Waals surface area contributed by atoms with E-state index in [9.17, 15) is 18.0 Å². The molecule has 0 N–H and O–H groups in total. The third-order valence-electron chi connectivity index (χ3n) is 6.19. The summed E-state index contributed by atoms with van der Waals surface area (Å²) in [5.41, 5.74) is 1.22. The standard InChI is InChI=1S/C23H24F3NO3/c1-29-22(14-30-15-22)19-7-5-17(6-8-19)21(28)27-11-9-16(10-12-27)18-3-2-4-20(13-18)23(24,25)26/h2-8,13,16H,9-12,14-15H2,1H3. The molecule has 0 aromatic heterocycles. The molecule has 30 heavy (non-hydrogen) atoms. The van der Waals surface area contributed by atoms with Gasteiger partial charge in [-0.1, -0.05) is 30.3 Å². The molecule has 160 valence electrons. The van der Waals surface area contributed by atoms with E-state index in [1.54, 1.807) is 30.2 Å². The molecule has 0 saturated carbocycles. The van der Waals surface area contributed by atoms with E-state index in [0.29, 0.717) is 50.3 Å². The third kappa shape index (κ3) is 3.96. The lowest BCUT2D eigenvalue weighted by molar-refractivity contribution is -0.202. The molecular weight excluding hydrogens is 395 g/mol. The summed E-state index contributed by atoms with van der Waals surface area (Å²) in [6.07, 6.45) is -3.05. The third-order valence-corrected chi connectivity index (χ3v) is 6.19. The van der Waals surface area contributed by atoms with E-state index >= 15 is 0 Å². The van der Waals surface area contributed by atoms with Crippen LogP contribution in [0.3, 0.4) is 0 Å². The number of amides is 1. The molecule has 4 rings (SSSR count). The van der Waals surface area contributed by atoms with E-state index in [2.05, 4.69) is 0 Å². The van der Waals surface area contributed by atoms with Crippen molar-refractivity contribution in [2.24, 2.45) is 0 Å². The molecule has 0 spiro atoms. The predicted octanol–water partition coefficient (Wildman–Crippen LogP) is 4.60. The largest absolute Gasteiger partial charge is 0.416 e. The Bertz CT molecular complexity index is 893. The van der Waals surface area contributed by atoms with Crippen LogP contribution in [-0.2, 0) is 21.3 Å². The van der Waals surface area contributed by atoms with E-state index in [1.807, 2.05) is 12.1 Å². The Morgan fingerprint density at radius 1 is 1.10 bits per heavy atom. The average molecular weight is 419 g/mol. The van der Waals surface area contributed by atoms with E-state index in [4.69, 9.17) is 9.47 Å². The van der Waals surface area contributed by atoms with Crippen LogP contribution in [0.25, 0.3) is 0 Å². The van der Waals surface area contributed by atoms with Gasteiger partial charge in [0.05, 0.1) is 18.8 Å². The Balaban J connectivity index is 1.39. The number of likely N-dealkylation sites (tertiary alicyclic amines) is 1. The number of methoxy groups -OCH3 is 1. The number of nitrogens with zero attached hydrogens (tertiary/aromatic N) is 1. The van der Waals surface area contributed by atoms with E-state index in [-0.39, 0.29) is 11.8 Å². The van der Waals surface area contributed by atoms with E-state index in [1.165, 1.54) is 12.1 Å². The smallest absolute Gasteiger partial charge is 0.375 e.